The average molecular weight is 387 g/mol. The lowest BCUT2D eigenvalue weighted by atomic mass is 10.3. The van der Waals surface area contributed by atoms with Crippen molar-refractivity contribution in [3.63, 3.8) is 0 Å². The number of hydrogen-bond donors (Lipinski definition) is 0. The Morgan fingerprint density at radius 1 is 0.840 bits per heavy atom. The quantitative estimate of drug-likeness (QED) is 0.231. The third-order valence-corrected chi connectivity index (χ3v) is 4.44. The first-order chi connectivity index (χ1) is 11.4. The third kappa shape index (κ3) is 7.46. The summed E-state index contributed by atoms with van der Waals surface area (Å²) in [7, 11) is -8.11. The zero-order valence-corrected chi connectivity index (χ0v) is 12.9. The summed E-state index contributed by atoms with van der Waals surface area (Å²) < 4.78 is 78.7. The second kappa shape index (κ2) is 8.23. The molecule has 25 heavy (non-hydrogen) atoms. The predicted molar refractivity (Wildman–Crippen MR) is 79.7 cm³/mol. The normalized spacial score (nSPS) is 12.8. The number of nitrogens with zero attached hydrogens (tertiary/aromatic N) is 1. The first-order valence-electron chi connectivity index (χ1n) is 6.37. The van der Waals surface area contributed by atoms with E-state index in [1.54, 1.807) is 6.07 Å². The lowest BCUT2D eigenvalue weighted by molar-refractivity contribution is -0.384. The molecule has 0 fully saturated rings. The molecule has 0 aliphatic rings. The highest BCUT2D eigenvalue weighted by Gasteiger charge is 2.54. The van der Waals surface area contributed by atoms with Crippen molar-refractivity contribution in [2.75, 3.05) is 0 Å². The Morgan fingerprint density at radius 2 is 1.24 bits per heavy atom. The molecule has 0 amide bonds. The van der Waals surface area contributed by atoms with Crippen LogP contribution in [0.4, 0.5) is 36.1 Å². The van der Waals surface area contributed by atoms with Gasteiger partial charge in [0.1, 0.15) is 0 Å². The van der Waals surface area contributed by atoms with E-state index in [0.29, 0.717) is 0 Å². The van der Waals surface area contributed by atoms with Gasteiger partial charge in [0.2, 0.25) is 0 Å². The molecular formula is C13H9BF7NO2S. The molecule has 136 valence electrons. The largest absolute Gasteiger partial charge is 0.673 e. The van der Waals surface area contributed by atoms with Crippen LogP contribution in [0.2, 0.25) is 0 Å². The van der Waals surface area contributed by atoms with Gasteiger partial charge in [0.05, 0.1) is 4.92 Å². The first-order valence-corrected chi connectivity index (χ1v) is 7.60. The zero-order chi connectivity index (χ0) is 19.3. The molecule has 3 nitrogen and oxygen atoms in total. The van der Waals surface area contributed by atoms with E-state index in [2.05, 4.69) is 0 Å². The van der Waals surface area contributed by atoms with Gasteiger partial charge in [-0.3, -0.25) is 10.1 Å². The molecule has 12 heteroatoms. The van der Waals surface area contributed by atoms with Gasteiger partial charge in [-0.15, -0.1) is 13.2 Å². The fourth-order valence-corrected chi connectivity index (χ4v) is 3.31. The summed E-state index contributed by atoms with van der Waals surface area (Å²) in [5, 5.41) is 10.5. The summed E-state index contributed by atoms with van der Waals surface area (Å²) in [6, 6.07) is 12.0. The minimum absolute atomic E-state index is 0.00861. The lowest BCUT2D eigenvalue weighted by Gasteiger charge is -2.09. The SMILES string of the molecule is F[B-](F)(F)F.O=[N+]([O-])c1ccc([S+](c2ccccc2)C(F)(F)F)cc1. The highest BCUT2D eigenvalue weighted by atomic mass is 32.2. The fraction of sp³-hybridized carbons (Fsp3) is 0.0769. The van der Waals surface area contributed by atoms with E-state index in [-0.39, 0.29) is 15.5 Å². The Kier molecular flexibility index (Phi) is 6.85. The Labute approximate surface area is 140 Å². The van der Waals surface area contributed by atoms with E-state index >= 15 is 0 Å². The zero-order valence-electron chi connectivity index (χ0n) is 12.1. The molecule has 0 bridgehead atoms. The summed E-state index contributed by atoms with van der Waals surface area (Å²) in [5.41, 5.74) is -4.66. The molecule has 0 radical (unpaired) electrons. The van der Waals surface area contributed by atoms with Crippen LogP contribution in [0.3, 0.4) is 0 Å². The number of nitro groups is 1. The number of rotatable bonds is 3. The first kappa shape index (κ1) is 20.8. The van der Waals surface area contributed by atoms with Crippen molar-refractivity contribution in [2.45, 2.75) is 15.3 Å². The van der Waals surface area contributed by atoms with Gasteiger partial charge in [-0.2, -0.15) is 0 Å². The fourth-order valence-electron chi connectivity index (χ4n) is 1.66. The van der Waals surface area contributed by atoms with E-state index in [1.807, 2.05) is 0 Å². The van der Waals surface area contributed by atoms with Crippen molar-refractivity contribution in [3.05, 3.63) is 64.7 Å². The molecular weight excluding hydrogens is 378 g/mol. The molecule has 1 unspecified atom stereocenters. The molecule has 0 spiro atoms. The number of halogens is 7. The molecule has 0 aromatic heterocycles. The molecule has 2 aromatic carbocycles. The van der Waals surface area contributed by atoms with Crippen molar-refractivity contribution in [1.29, 1.82) is 0 Å². The van der Waals surface area contributed by atoms with Gasteiger partial charge in [0.25, 0.3) is 5.69 Å². The van der Waals surface area contributed by atoms with E-state index in [1.165, 1.54) is 24.3 Å². The van der Waals surface area contributed by atoms with E-state index in [9.17, 15) is 40.5 Å². The van der Waals surface area contributed by atoms with Crippen LogP contribution >= 0.6 is 0 Å². The van der Waals surface area contributed by atoms with Crippen LogP contribution in [0.25, 0.3) is 0 Å². The average Bonchev–Trinajstić information content (AvgIpc) is 2.46. The van der Waals surface area contributed by atoms with Gasteiger partial charge in [0, 0.05) is 24.3 Å². The minimum atomic E-state index is -6.00. The summed E-state index contributed by atoms with van der Waals surface area (Å²) in [5.74, 6) is 0. The Morgan fingerprint density at radius 3 is 1.60 bits per heavy atom. The van der Waals surface area contributed by atoms with Crippen LogP contribution < -0.4 is 0 Å². The molecule has 0 aliphatic carbocycles. The van der Waals surface area contributed by atoms with Gasteiger partial charge < -0.3 is 17.3 Å². The topological polar surface area (TPSA) is 43.1 Å². The summed E-state index contributed by atoms with van der Waals surface area (Å²) >= 11 is 0. The summed E-state index contributed by atoms with van der Waals surface area (Å²) in [4.78, 5) is 10.0. The van der Waals surface area contributed by atoms with Crippen molar-refractivity contribution in [3.8, 4) is 0 Å². The molecule has 1 atom stereocenters. The Balaban J connectivity index is 0.000000550. The maximum atomic E-state index is 13.2. The van der Waals surface area contributed by atoms with Crippen molar-refractivity contribution in [1.82, 2.24) is 0 Å². The van der Waals surface area contributed by atoms with Crippen LogP contribution in [-0.2, 0) is 10.9 Å². The van der Waals surface area contributed by atoms with Crippen LogP contribution in [0.15, 0.2) is 64.4 Å². The summed E-state index contributed by atoms with van der Waals surface area (Å²) in [6.45, 7) is 0. The van der Waals surface area contributed by atoms with Crippen molar-refractivity contribution < 1.29 is 35.4 Å². The second-order valence-electron chi connectivity index (χ2n) is 4.31. The standard InChI is InChI=1S/C13H9F3NO2S.BF4/c14-13(15,16)20(11-4-2-1-3-5-11)12-8-6-10(7-9-12)17(18)19;2-1(3,4)5/h1-9H;/q+1;-1. The van der Waals surface area contributed by atoms with Crippen molar-refractivity contribution >= 4 is 23.8 Å². The van der Waals surface area contributed by atoms with Crippen LogP contribution in [0, 0.1) is 10.1 Å². The monoisotopic (exact) mass is 387 g/mol. The smallest absolute Gasteiger partial charge is 0.418 e. The van der Waals surface area contributed by atoms with E-state index < -0.39 is 28.6 Å². The maximum absolute atomic E-state index is 13.2. The Bertz CT molecular complexity index is 686. The molecule has 0 N–H and O–H groups in total. The minimum Gasteiger partial charge on any atom is -0.418 e. The van der Waals surface area contributed by atoms with Crippen LogP contribution in [0.5, 0.6) is 0 Å². The van der Waals surface area contributed by atoms with Gasteiger partial charge in [-0.1, -0.05) is 18.2 Å². The molecule has 2 aromatic rings. The van der Waals surface area contributed by atoms with Crippen LogP contribution in [-0.4, -0.2) is 17.7 Å². The van der Waals surface area contributed by atoms with Gasteiger partial charge in [-0.25, -0.2) is 0 Å². The highest BCUT2D eigenvalue weighted by molar-refractivity contribution is 7.97. The maximum Gasteiger partial charge on any atom is 0.673 e. The van der Waals surface area contributed by atoms with Gasteiger partial charge in [0.15, 0.2) is 20.7 Å². The number of nitro benzene ring substituents is 1. The van der Waals surface area contributed by atoms with Crippen molar-refractivity contribution in [2.24, 2.45) is 0 Å². The number of hydrogen-bond acceptors (Lipinski definition) is 2. The van der Waals surface area contributed by atoms with Gasteiger partial charge in [-0.05, 0) is 12.1 Å². The van der Waals surface area contributed by atoms with E-state index in [0.717, 1.165) is 24.3 Å². The predicted octanol–water partition coefficient (Wildman–Crippen LogP) is 5.45. The highest BCUT2D eigenvalue weighted by Crippen LogP contribution is 2.38. The molecule has 0 heterocycles. The van der Waals surface area contributed by atoms with Crippen LogP contribution in [0.1, 0.15) is 0 Å². The second-order valence-corrected chi connectivity index (χ2v) is 6.33. The van der Waals surface area contributed by atoms with Gasteiger partial charge >= 0.3 is 12.8 Å². The Hall–Kier alpha value is -2.24. The summed E-state index contributed by atoms with van der Waals surface area (Å²) in [6.07, 6.45) is 0. The molecule has 0 saturated heterocycles. The third-order valence-electron chi connectivity index (χ3n) is 2.49. The number of benzene rings is 2. The molecule has 0 saturated carbocycles. The molecule has 2 rings (SSSR count). The molecule has 0 aliphatic heterocycles. The number of non-ortho nitro benzene ring substituents is 1. The number of alkyl halides is 3. The van der Waals surface area contributed by atoms with E-state index in [4.69, 9.17) is 0 Å². The lowest BCUT2D eigenvalue weighted by Crippen LogP contribution is -2.24.